The molecule has 0 aromatic heterocycles. The zero-order chi connectivity index (χ0) is 13.5. The number of nitrogens with zero attached hydrogens (tertiary/aromatic N) is 1. The van der Waals surface area contributed by atoms with E-state index in [2.05, 4.69) is 17.3 Å². The average Bonchev–Trinajstić information content (AvgIpc) is 2.42. The van der Waals surface area contributed by atoms with Gasteiger partial charge in [-0.2, -0.15) is 0 Å². The molecule has 4 heteroatoms. The lowest BCUT2D eigenvalue weighted by atomic mass is 10.1. The fourth-order valence-electron chi connectivity index (χ4n) is 2.38. The SMILES string of the molecule is CN(CCNc1ccccc1Cl)CC1CCCCO1. The van der Waals surface area contributed by atoms with E-state index in [9.17, 15) is 0 Å². The molecule has 1 unspecified atom stereocenters. The number of anilines is 1. The van der Waals surface area contributed by atoms with Crippen LogP contribution in [0.1, 0.15) is 19.3 Å². The van der Waals surface area contributed by atoms with Gasteiger partial charge < -0.3 is 15.0 Å². The molecule has 1 saturated heterocycles. The number of hydrogen-bond acceptors (Lipinski definition) is 3. The van der Waals surface area contributed by atoms with Crippen LogP contribution in [0.5, 0.6) is 0 Å². The van der Waals surface area contributed by atoms with E-state index in [1.165, 1.54) is 19.3 Å². The van der Waals surface area contributed by atoms with Crippen LogP contribution in [0.4, 0.5) is 5.69 Å². The van der Waals surface area contributed by atoms with E-state index in [0.717, 1.165) is 37.0 Å². The third kappa shape index (κ3) is 5.01. The average molecular weight is 283 g/mol. The normalized spacial score (nSPS) is 19.6. The Morgan fingerprint density at radius 3 is 2.95 bits per heavy atom. The molecule has 2 rings (SSSR count). The Morgan fingerprint density at radius 1 is 1.37 bits per heavy atom. The Balaban J connectivity index is 1.66. The van der Waals surface area contributed by atoms with Gasteiger partial charge in [-0.05, 0) is 38.4 Å². The summed E-state index contributed by atoms with van der Waals surface area (Å²) in [5.74, 6) is 0. The van der Waals surface area contributed by atoms with Crippen molar-refractivity contribution in [3.05, 3.63) is 29.3 Å². The number of rotatable bonds is 6. The molecule has 0 aliphatic carbocycles. The van der Waals surface area contributed by atoms with Gasteiger partial charge in [-0.3, -0.25) is 0 Å². The lowest BCUT2D eigenvalue weighted by Gasteiger charge is -2.27. The van der Waals surface area contributed by atoms with Crippen LogP contribution in [0.25, 0.3) is 0 Å². The van der Waals surface area contributed by atoms with E-state index in [1.807, 2.05) is 24.3 Å². The molecule has 1 N–H and O–H groups in total. The van der Waals surface area contributed by atoms with Gasteiger partial charge in [0.2, 0.25) is 0 Å². The van der Waals surface area contributed by atoms with Gasteiger partial charge in [-0.15, -0.1) is 0 Å². The number of nitrogens with one attached hydrogen (secondary N) is 1. The van der Waals surface area contributed by atoms with Crippen molar-refractivity contribution in [2.45, 2.75) is 25.4 Å². The summed E-state index contributed by atoms with van der Waals surface area (Å²) in [6.07, 6.45) is 4.13. The van der Waals surface area contributed by atoms with Gasteiger partial charge in [-0.25, -0.2) is 0 Å². The van der Waals surface area contributed by atoms with Crippen molar-refractivity contribution < 1.29 is 4.74 Å². The molecule has 1 aliphatic rings. The Morgan fingerprint density at radius 2 is 2.21 bits per heavy atom. The van der Waals surface area contributed by atoms with E-state index in [0.29, 0.717) is 6.10 Å². The summed E-state index contributed by atoms with van der Waals surface area (Å²) >= 11 is 6.10. The molecule has 19 heavy (non-hydrogen) atoms. The zero-order valence-electron chi connectivity index (χ0n) is 11.6. The number of para-hydroxylation sites is 1. The van der Waals surface area contributed by atoms with E-state index in [1.54, 1.807) is 0 Å². The van der Waals surface area contributed by atoms with Crippen molar-refractivity contribution in [2.24, 2.45) is 0 Å². The van der Waals surface area contributed by atoms with Crippen molar-refractivity contribution in [3.8, 4) is 0 Å². The molecule has 0 radical (unpaired) electrons. The van der Waals surface area contributed by atoms with Crippen LogP contribution in [0.2, 0.25) is 5.02 Å². The predicted octanol–water partition coefficient (Wildman–Crippen LogP) is 3.25. The summed E-state index contributed by atoms with van der Waals surface area (Å²) < 4.78 is 5.75. The van der Waals surface area contributed by atoms with Crippen LogP contribution in [0.15, 0.2) is 24.3 Å². The molecule has 0 spiro atoms. The summed E-state index contributed by atoms with van der Waals surface area (Å²) in [5, 5.41) is 4.15. The third-order valence-electron chi connectivity index (χ3n) is 3.47. The van der Waals surface area contributed by atoms with Gasteiger partial charge >= 0.3 is 0 Å². The van der Waals surface area contributed by atoms with Crippen LogP contribution in [-0.4, -0.2) is 44.3 Å². The first-order valence-electron chi connectivity index (χ1n) is 7.04. The minimum atomic E-state index is 0.416. The second-order valence-electron chi connectivity index (χ2n) is 5.16. The van der Waals surface area contributed by atoms with Crippen molar-refractivity contribution in [1.82, 2.24) is 4.90 Å². The van der Waals surface area contributed by atoms with E-state index < -0.39 is 0 Å². The predicted molar refractivity (Wildman–Crippen MR) is 81.0 cm³/mol. The molecule has 1 heterocycles. The maximum absolute atomic E-state index is 6.10. The smallest absolute Gasteiger partial charge is 0.0701 e. The molecule has 1 aromatic carbocycles. The monoisotopic (exact) mass is 282 g/mol. The molecule has 1 fully saturated rings. The molecule has 0 amide bonds. The summed E-state index contributed by atoms with van der Waals surface area (Å²) in [7, 11) is 2.15. The lowest BCUT2D eigenvalue weighted by molar-refractivity contribution is -0.000835. The molecule has 0 saturated carbocycles. The molecule has 1 aliphatic heterocycles. The topological polar surface area (TPSA) is 24.5 Å². The second kappa shape index (κ2) is 7.73. The molecule has 3 nitrogen and oxygen atoms in total. The highest BCUT2D eigenvalue weighted by molar-refractivity contribution is 6.33. The van der Waals surface area contributed by atoms with Crippen LogP contribution in [-0.2, 0) is 4.74 Å². The summed E-state index contributed by atoms with van der Waals surface area (Å²) in [6.45, 7) is 3.83. The van der Waals surface area contributed by atoms with Gasteiger partial charge in [0, 0.05) is 26.2 Å². The Hall–Kier alpha value is -0.770. The van der Waals surface area contributed by atoms with Gasteiger partial charge in [-0.1, -0.05) is 23.7 Å². The summed E-state index contributed by atoms with van der Waals surface area (Å²) in [5.41, 5.74) is 1.01. The van der Waals surface area contributed by atoms with Crippen molar-refractivity contribution in [1.29, 1.82) is 0 Å². The zero-order valence-corrected chi connectivity index (χ0v) is 12.3. The van der Waals surface area contributed by atoms with Crippen LogP contribution in [0.3, 0.4) is 0 Å². The van der Waals surface area contributed by atoms with Crippen molar-refractivity contribution >= 4 is 17.3 Å². The van der Waals surface area contributed by atoms with Crippen molar-refractivity contribution in [2.75, 3.05) is 38.6 Å². The molecular formula is C15H23ClN2O. The fourth-order valence-corrected chi connectivity index (χ4v) is 2.58. The van der Waals surface area contributed by atoms with Gasteiger partial charge in [0.25, 0.3) is 0 Å². The highest BCUT2D eigenvalue weighted by atomic mass is 35.5. The number of ether oxygens (including phenoxy) is 1. The quantitative estimate of drug-likeness (QED) is 0.867. The highest BCUT2D eigenvalue weighted by Gasteiger charge is 2.15. The molecule has 1 aromatic rings. The third-order valence-corrected chi connectivity index (χ3v) is 3.80. The first-order chi connectivity index (χ1) is 9.25. The first kappa shape index (κ1) is 14.6. The Kier molecular flexibility index (Phi) is 5.95. The maximum Gasteiger partial charge on any atom is 0.0701 e. The lowest BCUT2D eigenvalue weighted by Crippen LogP contribution is -2.35. The number of halogens is 1. The molecule has 106 valence electrons. The van der Waals surface area contributed by atoms with E-state index in [-0.39, 0.29) is 0 Å². The number of hydrogen-bond donors (Lipinski definition) is 1. The first-order valence-corrected chi connectivity index (χ1v) is 7.42. The minimum absolute atomic E-state index is 0.416. The minimum Gasteiger partial charge on any atom is -0.383 e. The Labute approximate surface area is 120 Å². The summed E-state index contributed by atoms with van der Waals surface area (Å²) in [6, 6.07) is 7.85. The van der Waals surface area contributed by atoms with Gasteiger partial charge in [0.15, 0.2) is 0 Å². The number of likely N-dealkylation sites (N-methyl/N-ethyl adjacent to an activating group) is 1. The number of benzene rings is 1. The van der Waals surface area contributed by atoms with Crippen LogP contribution >= 0.6 is 11.6 Å². The molecule has 0 bridgehead atoms. The van der Waals surface area contributed by atoms with E-state index >= 15 is 0 Å². The standard InChI is InChI=1S/C15H23ClN2O/c1-18(12-13-6-4-5-11-19-13)10-9-17-15-8-3-2-7-14(15)16/h2-3,7-8,13,17H,4-6,9-12H2,1H3. The Bertz CT molecular complexity index is 380. The summed E-state index contributed by atoms with van der Waals surface area (Å²) in [4.78, 5) is 2.32. The van der Waals surface area contributed by atoms with Crippen LogP contribution < -0.4 is 5.32 Å². The fraction of sp³-hybridized carbons (Fsp3) is 0.600. The highest BCUT2D eigenvalue weighted by Crippen LogP contribution is 2.20. The van der Waals surface area contributed by atoms with Gasteiger partial charge in [0.05, 0.1) is 16.8 Å². The van der Waals surface area contributed by atoms with Gasteiger partial charge in [0.1, 0.15) is 0 Å². The van der Waals surface area contributed by atoms with Crippen LogP contribution in [0, 0.1) is 0 Å². The maximum atomic E-state index is 6.10. The largest absolute Gasteiger partial charge is 0.383 e. The molecule has 1 atom stereocenters. The van der Waals surface area contributed by atoms with Crippen molar-refractivity contribution in [3.63, 3.8) is 0 Å². The molecular weight excluding hydrogens is 260 g/mol. The van der Waals surface area contributed by atoms with E-state index in [4.69, 9.17) is 16.3 Å². The second-order valence-corrected chi connectivity index (χ2v) is 5.56.